The molecule has 0 atom stereocenters. The highest BCUT2D eigenvalue weighted by Crippen LogP contribution is 2.12. The molecule has 0 bridgehead atoms. The molecule has 7 nitrogen and oxygen atoms in total. The summed E-state index contributed by atoms with van der Waals surface area (Å²) < 4.78 is 25.5. The first kappa shape index (κ1) is 16.1. The van der Waals surface area contributed by atoms with Gasteiger partial charge in [0.2, 0.25) is 15.9 Å². The first-order chi connectivity index (χ1) is 10.5. The summed E-state index contributed by atoms with van der Waals surface area (Å²) in [5.74, 6) is -0.402. The van der Waals surface area contributed by atoms with Crippen LogP contribution in [0.25, 0.3) is 0 Å². The second-order valence-corrected chi connectivity index (χ2v) is 6.60. The quantitative estimate of drug-likeness (QED) is 0.832. The average molecular weight is 320 g/mol. The summed E-state index contributed by atoms with van der Waals surface area (Å²) in [7, 11) is -2.30. The predicted molar refractivity (Wildman–Crippen MR) is 80.1 cm³/mol. The van der Waals surface area contributed by atoms with Crippen molar-refractivity contribution in [1.82, 2.24) is 19.6 Å². The zero-order chi connectivity index (χ0) is 16.0. The molecule has 0 unspecified atom stereocenters. The summed E-state index contributed by atoms with van der Waals surface area (Å²) in [6.45, 7) is -0.0388. The molecule has 8 heteroatoms. The Morgan fingerprint density at radius 3 is 2.59 bits per heavy atom. The van der Waals surface area contributed by atoms with Crippen molar-refractivity contribution >= 4 is 15.9 Å². The molecular weight excluding hydrogens is 304 g/mol. The first-order valence-electron chi connectivity index (χ1n) is 6.53. The Bertz CT molecular complexity index is 720. The zero-order valence-corrected chi connectivity index (χ0v) is 12.8. The van der Waals surface area contributed by atoms with E-state index in [-0.39, 0.29) is 18.0 Å². The Morgan fingerprint density at radius 1 is 1.23 bits per heavy atom. The molecule has 1 aromatic heterocycles. The molecule has 1 N–H and O–H groups in total. The first-order valence-corrected chi connectivity index (χ1v) is 7.97. The van der Waals surface area contributed by atoms with Gasteiger partial charge in [-0.1, -0.05) is 18.2 Å². The molecule has 2 aromatic rings. The van der Waals surface area contributed by atoms with Crippen LogP contribution in [-0.2, 0) is 21.4 Å². The van der Waals surface area contributed by atoms with Crippen LogP contribution in [0.4, 0.5) is 0 Å². The van der Waals surface area contributed by atoms with Crippen molar-refractivity contribution in [3.8, 4) is 0 Å². The van der Waals surface area contributed by atoms with Gasteiger partial charge in [-0.2, -0.15) is 4.31 Å². The number of likely N-dealkylation sites (N-methyl/N-ethyl adjacent to an activating group) is 1. The van der Waals surface area contributed by atoms with Gasteiger partial charge in [0.1, 0.15) is 6.33 Å². The fraction of sp³-hybridized carbons (Fsp3) is 0.214. The summed E-state index contributed by atoms with van der Waals surface area (Å²) in [5, 5.41) is 2.62. The highest BCUT2D eigenvalue weighted by Gasteiger charge is 2.22. The standard InChI is InChI=1S/C14H16N4O3S/c1-18(22(20,21)13-5-3-2-4-6-13)10-14(19)16-9-12-7-8-15-11-17-12/h2-8,11H,9-10H2,1H3,(H,16,19). The minimum absolute atomic E-state index is 0.154. The fourth-order valence-electron chi connectivity index (χ4n) is 1.73. The molecule has 0 fully saturated rings. The maximum absolute atomic E-state index is 12.3. The number of hydrogen-bond donors (Lipinski definition) is 1. The van der Waals surface area contributed by atoms with Gasteiger partial charge in [0.05, 0.1) is 23.7 Å². The lowest BCUT2D eigenvalue weighted by Crippen LogP contribution is -2.38. The number of benzene rings is 1. The Kier molecular flexibility index (Phi) is 5.18. The van der Waals surface area contributed by atoms with Crippen LogP contribution in [-0.4, -0.2) is 42.2 Å². The van der Waals surface area contributed by atoms with Crippen molar-refractivity contribution in [2.45, 2.75) is 11.4 Å². The molecule has 22 heavy (non-hydrogen) atoms. The number of carbonyl (C=O) groups is 1. The van der Waals surface area contributed by atoms with Crippen LogP contribution in [0.2, 0.25) is 0 Å². The molecule has 116 valence electrons. The van der Waals surface area contributed by atoms with E-state index in [0.717, 1.165) is 4.31 Å². The summed E-state index contributed by atoms with van der Waals surface area (Å²) in [6, 6.07) is 9.65. The number of nitrogens with zero attached hydrogens (tertiary/aromatic N) is 3. The normalized spacial score (nSPS) is 11.4. The van der Waals surface area contributed by atoms with Gasteiger partial charge in [0, 0.05) is 13.2 Å². The average Bonchev–Trinajstić information content (AvgIpc) is 2.54. The number of rotatable bonds is 6. The monoisotopic (exact) mass is 320 g/mol. The summed E-state index contributed by atoms with van der Waals surface area (Å²) in [6.07, 6.45) is 2.95. The van der Waals surface area contributed by atoms with Crippen molar-refractivity contribution in [1.29, 1.82) is 0 Å². The lowest BCUT2D eigenvalue weighted by molar-refractivity contribution is -0.121. The molecule has 0 spiro atoms. The molecule has 1 aromatic carbocycles. The van der Waals surface area contributed by atoms with Gasteiger partial charge in [-0.3, -0.25) is 4.79 Å². The van der Waals surface area contributed by atoms with Crippen LogP contribution in [0.5, 0.6) is 0 Å². The third-order valence-corrected chi connectivity index (χ3v) is 4.75. The molecule has 1 amide bonds. The van der Waals surface area contributed by atoms with Gasteiger partial charge in [-0.05, 0) is 18.2 Å². The van der Waals surface area contributed by atoms with Crippen LogP contribution < -0.4 is 5.32 Å². The number of sulfonamides is 1. The van der Waals surface area contributed by atoms with E-state index in [1.807, 2.05) is 0 Å². The third-order valence-electron chi connectivity index (χ3n) is 2.93. The Hall–Kier alpha value is -2.32. The van der Waals surface area contributed by atoms with Gasteiger partial charge in [-0.25, -0.2) is 18.4 Å². The van der Waals surface area contributed by atoms with Crippen molar-refractivity contribution in [3.05, 3.63) is 54.6 Å². The maximum atomic E-state index is 12.3. The number of aromatic nitrogens is 2. The number of carbonyl (C=O) groups excluding carboxylic acids is 1. The van der Waals surface area contributed by atoms with Gasteiger partial charge in [-0.15, -0.1) is 0 Å². The zero-order valence-electron chi connectivity index (χ0n) is 12.0. The van der Waals surface area contributed by atoms with Crippen molar-refractivity contribution in [2.24, 2.45) is 0 Å². The Balaban J connectivity index is 1.94. The van der Waals surface area contributed by atoms with Crippen LogP contribution in [0.15, 0.2) is 53.8 Å². The number of nitrogens with one attached hydrogen (secondary N) is 1. The minimum atomic E-state index is -3.67. The maximum Gasteiger partial charge on any atom is 0.243 e. The largest absolute Gasteiger partial charge is 0.349 e. The summed E-state index contributed by atoms with van der Waals surface area (Å²) in [5.41, 5.74) is 0.650. The van der Waals surface area contributed by atoms with Crippen LogP contribution in [0, 0.1) is 0 Å². The molecule has 0 saturated carbocycles. The van der Waals surface area contributed by atoms with Crippen LogP contribution in [0.1, 0.15) is 5.69 Å². The van der Waals surface area contributed by atoms with Crippen LogP contribution in [0.3, 0.4) is 0 Å². The van der Waals surface area contributed by atoms with E-state index < -0.39 is 15.9 Å². The van der Waals surface area contributed by atoms with E-state index in [1.54, 1.807) is 30.5 Å². The van der Waals surface area contributed by atoms with E-state index in [2.05, 4.69) is 15.3 Å². The van der Waals surface area contributed by atoms with Crippen LogP contribution >= 0.6 is 0 Å². The lowest BCUT2D eigenvalue weighted by Gasteiger charge is -2.16. The molecular formula is C14H16N4O3S. The Labute approximate surface area is 129 Å². The molecule has 0 saturated heterocycles. The molecule has 0 aliphatic heterocycles. The summed E-state index contributed by atoms with van der Waals surface area (Å²) in [4.78, 5) is 19.7. The number of amides is 1. The number of hydrogen-bond acceptors (Lipinski definition) is 5. The van der Waals surface area contributed by atoms with E-state index in [9.17, 15) is 13.2 Å². The predicted octanol–water partition coefficient (Wildman–Crippen LogP) is 0.413. The van der Waals surface area contributed by atoms with Gasteiger partial charge < -0.3 is 5.32 Å². The molecule has 0 radical (unpaired) electrons. The SMILES string of the molecule is CN(CC(=O)NCc1ccncn1)S(=O)(=O)c1ccccc1. The van der Waals surface area contributed by atoms with E-state index in [1.165, 1.54) is 25.5 Å². The van der Waals surface area contributed by atoms with E-state index >= 15 is 0 Å². The highest BCUT2D eigenvalue weighted by molar-refractivity contribution is 7.89. The second-order valence-electron chi connectivity index (χ2n) is 4.55. The van der Waals surface area contributed by atoms with Gasteiger partial charge in [0.15, 0.2) is 0 Å². The highest BCUT2D eigenvalue weighted by atomic mass is 32.2. The van der Waals surface area contributed by atoms with Crippen molar-refractivity contribution in [3.63, 3.8) is 0 Å². The lowest BCUT2D eigenvalue weighted by atomic mass is 10.4. The third kappa shape index (κ3) is 4.09. The van der Waals surface area contributed by atoms with Gasteiger partial charge >= 0.3 is 0 Å². The second kappa shape index (κ2) is 7.10. The fourth-order valence-corrected chi connectivity index (χ4v) is 2.88. The van der Waals surface area contributed by atoms with Crippen molar-refractivity contribution < 1.29 is 13.2 Å². The minimum Gasteiger partial charge on any atom is -0.349 e. The molecule has 1 heterocycles. The van der Waals surface area contributed by atoms with E-state index in [0.29, 0.717) is 5.69 Å². The Morgan fingerprint density at radius 2 is 1.95 bits per heavy atom. The molecule has 2 rings (SSSR count). The summed E-state index contributed by atoms with van der Waals surface area (Å²) >= 11 is 0. The molecule has 0 aliphatic carbocycles. The smallest absolute Gasteiger partial charge is 0.243 e. The van der Waals surface area contributed by atoms with Gasteiger partial charge in [0.25, 0.3) is 0 Å². The molecule has 0 aliphatic rings. The van der Waals surface area contributed by atoms with Crippen molar-refractivity contribution in [2.75, 3.05) is 13.6 Å². The topological polar surface area (TPSA) is 92.3 Å². The van der Waals surface area contributed by atoms with E-state index in [4.69, 9.17) is 0 Å².